The molecule has 1 saturated carbocycles. The second-order valence-corrected chi connectivity index (χ2v) is 5.77. The summed E-state index contributed by atoms with van der Waals surface area (Å²) in [5.41, 5.74) is 1.14. The van der Waals surface area contributed by atoms with Crippen LogP contribution in [0.15, 0.2) is 11.1 Å². The van der Waals surface area contributed by atoms with Crippen LogP contribution in [0.3, 0.4) is 0 Å². The molecule has 0 amide bonds. The highest BCUT2D eigenvalue weighted by molar-refractivity contribution is 6.00. The van der Waals surface area contributed by atoms with Gasteiger partial charge in [-0.25, -0.2) is 9.59 Å². The molecule has 0 bridgehead atoms. The molecule has 0 unspecified atom stereocenters. The van der Waals surface area contributed by atoms with Crippen molar-refractivity contribution in [3.05, 3.63) is 11.1 Å². The van der Waals surface area contributed by atoms with Crippen molar-refractivity contribution in [3.8, 4) is 0 Å². The molecule has 0 spiro atoms. The van der Waals surface area contributed by atoms with Crippen molar-refractivity contribution in [1.82, 2.24) is 0 Å². The van der Waals surface area contributed by atoms with Crippen molar-refractivity contribution in [2.75, 3.05) is 13.2 Å². The number of carbonyl (C=O) groups excluding carboxylic acids is 2. The van der Waals surface area contributed by atoms with Gasteiger partial charge in [0.15, 0.2) is 0 Å². The molecule has 0 atom stereocenters. The van der Waals surface area contributed by atoms with E-state index >= 15 is 0 Å². The zero-order chi connectivity index (χ0) is 16.4. The molecule has 4 heteroatoms. The van der Waals surface area contributed by atoms with E-state index in [0.717, 1.165) is 38.5 Å². The van der Waals surface area contributed by atoms with Crippen molar-refractivity contribution < 1.29 is 19.1 Å². The lowest BCUT2D eigenvalue weighted by atomic mass is 9.81. The molecule has 1 aliphatic rings. The average Bonchev–Trinajstić information content (AvgIpc) is 2.52. The number of hydrogen-bond donors (Lipinski definition) is 0. The van der Waals surface area contributed by atoms with Crippen LogP contribution in [0.1, 0.15) is 72.1 Å². The monoisotopic (exact) mass is 310 g/mol. The van der Waals surface area contributed by atoms with E-state index in [-0.39, 0.29) is 17.9 Å². The molecule has 0 heterocycles. The number of rotatable bonds is 8. The summed E-state index contributed by atoms with van der Waals surface area (Å²) in [7, 11) is 0. The Morgan fingerprint density at radius 2 is 1.50 bits per heavy atom. The van der Waals surface area contributed by atoms with Crippen molar-refractivity contribution in [2.24, 2.45) is 5.92 Å². The fourth-order valence-corrected chi connectivity index (χ4v) is 3.05. The van der Waals surface area contributed by atoms with Gasteiger partial charge in [0.05, 0.1) is 18.8 Å². The third kappa shape index (κ3) is 5.47. The molecule has 0 radical (unpaired) electrons. The van der Waals surface area contributed by atoms with E-state index in [4.69, 9.17) is 9.47 Å². The van der Waals surface area contributed by atoms with Crippen molar-refractivity contribution in [2.45, 2.75) is 72.1 Å². The lowest BCUT2D eigenvalue weighted by Gasteiger charge is -2.25. The summed E-state index contributed by atoms with van der Waals surface area (Å²) in [4.78, 5) is 24.8. The molecule has 0 aromatic rings. The summed E-state index contributed by atoms with van der Waals surface area (Å²) in [6.07, 6.45) is 7.80. The summed E-state index contributed by atoms with van der Waals surface area (Å²) in [5, 5.41) is 0. The van der Waals surface area contributed by atoms with E-state index in [1.165, 1.54) is 6.42 Å². The van der Waals surface area contributed by atoms with Crippen LogP contribution in [0.5, 0.6) is 0 Å². The fraction of sp³-hybridized carbons (Fsp3) is 0.778. The molecule has 0 saturated heterocycles. The van der Waals surface area contributed by atoms with Gasteiger partial charge in [-0.05, 0) is 45.4 Å². The van der Waals surface area contributed by atoms with Crippen molar-refractivity contribution in [1.29, 1.82) is 0 Å². The molecule has 1 fully saturated rings. The Balaban J connectivity index is 3.15. The Kier molecular flexibility index (Phi) is 8.86. The maximum absolute atomic E-state index is 12.5. The Hall–Kier alpha value is -1.32. The molecule has 126 valence electrons. The summed E-state index contributed by atoms with van der Waals surface area (Å²) < 4.78 is 10.4. The van der Waals surface area contributed by atoms with Gasteiger partial charge in [0.2, 0.25) is 0 Å². The minimum Gasteiger partial charge on any atom is -0.463 e. The van der Waals surface area contributed by atoms with Gasteiger partial charge < -0.3 is 9.47 Å². The number of esters is 2. The third-order valence-electron chi connectivity index (χ3n) is 4.14. The molecule has 0 N–H and O–H groups in total. The maximum atomic E-state index is 12.5. The van der Waals surface area contributed by atoms with Crippen LogP contribution in [-0.2, 0) is 19.1 Å². The van der Waals surface area contributed by atoms with E-state index in [1.807, 2.05) is 0 Å². The molecule has 0 aromatic carbocycles. The zero-order valence-corrected chi connectivity index (χ0v) is 14.3. The maximum Gasteiger partial charge on any atom is 0.334 e. The lowest BCUT2D eigenvalue weighted by Crippen LogP contribution is -2.24. The van der Waals surface area contributed by atoms with E-state index in [0.29, 0.717) is 30.8 Å². The summed E-state index contributed by atoms with van der Waals surface area (Å²) in [5.74, 6) is -0.526. The van der Waals surface area contributed by atoms with E-state index in [9.17, 15) is 9.59 Å². The first-order valence-electron chi connectivity index (χ1n) is 8.72. The molecular formula is C18H30O4. The van der Waals surface area contributed by atoms with E-state index in [2.05, 4.69) is 6.92 Å². The van der Waals surface area contributed by atoms with Crippen LogP contribution in [0.2, 0.25) is 0 Å². The first kappa shape index (κ1) is 18.7. The quantitative estimate of drug-likeness (QED) is 0.498. The summed E-state index contributed by atoms with van der Waals surface area (Å²) in [6, 6.07) is 0. The first-order chi connectivity index (χ1) is 10.7. The van der Waals surface area contributed by atoms with Gasteiger partial charge in [0.25, 0.3) is 0 Å². The molecule has 0 aliphatic heterocycles. The molecule has 4 nitrogen and oxygen atoms in total. The molecule has 0 aromatic heterocycles. The number of unbranched alkanes of at least 4 members (excludes halogenated alkanes) is 1. The van der Waals surface area contributed by atoms with Gasteiger partial charge >= 0.3 is 11.9 Å². The van der Waals surface area contributed by atoms with Crippen LogP contribution in [0.25, 0.3) is 0 Å². The van der Waals surface area contributed by atoms with Crippen LogP contribution in [-0.4, -0.2) is 25.2 Å². The van der Waals surface area contributed by atoms with E-state index in [1.54, 1.807) is 13.8 Å². The zero-order valence-electron chi connectivity index (χ0n) is 14.3. The van der Waals surface area contributed by atoms with Gasteiger partial charge in [-0.15, -0.1) is 0 Å². The van der Waals surface area contributed by atoms with Gasteiger partial charge in [-0.3, -0.25) is 0 Å². The van der Waals surface area contributed by atoms with Crippen molar-refractivity contribution in [3.63, 3.8) is 0 Å². The summed E-state index contributed by atoms with van der Waals surface area (Å²) in [6.45, 7) is 6.33. The number of hydrogen-bond acceptors (Lipinski definition) is 4. The number of carbonyl (C=O) groups is 2. The highest BCUT2D eigenvalue weighted by Gasteiger charge is 2.30. The summed E-state index contributed by atoms with van der Waals surface area (Å²) >= 11 is 0. The van der Waals surface area contributed by atoms with Gasteiger partial charge in [0, 0.05) is 5.57 Å². The van der Waals surface area contributed by atoms with Crippen LogP contribution in [0, 0.1) is 5.92 Å². The average molecular weight is 310 g/mol. The van der Waals surface area contributed by atoms with Crippen molar-refractivity contribution >= 4 is 11.9 Å². The normalized spacial score (nSPS) is 16.9. The second-order valence-electron chi connectivity index (χ2n) is 5.77. The molecular weight excluding hydrogens is 280 g/mol. The predicted molar refractivity (Wildman–Crippen MR) is 86.4 cm³/mol. The SMILES string of the molecule is CCCC/C(C(=O)OCC)=C(/C(=O)OCC)C1CCCCC1. The molecule has 1 aliphatic carbocycles. The minimum atomic E-state index is -0.343. The van der Waals surface area contributed by atoms with Crippen LogP contribution < -0.4 is 0 Å². The largest absolute Gasteiger partial charge is 0.463 e. The second kappa shape index (κ2) is 10.4. The first-order valence-corrected chi connectivity index (χ1v) is 8.72. The molecule has 22 heavy (non-hydrogen) atoms. The highest BCUT2D eigenvalue weighted by Crippen LogP contribution is 2.33. The Bertz CT molecular complexity index is 392. The Morgan fingerprint density at radius 3 is 2.05 bits per heavy atom. The van der Waals surface area contributed by atoms with Crippen LogP contribution >= 0.6 is 0 Å². The van der Waals surface area contributed by atoms with E-state index < -0.39 is 0 Å². The fourth-order valence-electron chi connectivity index (χ4n) is 3.05. The van der Waals surface area contributed by atoms with Gasteiger partial charge in [-0.2, -0.15) is 0 Å². The smallest absolute Gasteiger partial charge is 0.334 e. The Labute approximate surface area is 134 Å². The highest BCUT2D eigenvalue weighted by atomic mass is 16.5. The number of ether oxygens (including phenoxy) is 2. The lowest BCUT2D eigenvalue weighted by molar-refractivity contribution is -0.142. The Morgan fingerprint density at radius 1 is 0.909 bits per heavy atom. The standard InChI is InChI=1S/C18H30O4/c1-4-7-13-15(17(19)21-5-2)16(18(20)22-6-3)14-11-9-8-10-12-14/h14H,4-13H2,1-3H3/b16-15-. The molecule has 1 rings (SSSR count). The third-order valence-corrected chi connectivity index (χ3v) is 4.14. The topological polar surface area (TPSA) is 52.6 Å². The predicted octanol–water partition coefficient (Wildman–Crippen LogP) is 4.18. The van der Waals surface area contributed by atoms with Crippen LogP contribution in [0.4, 0.5) is 0 Å². The van der Waals surface area contributed by atoms with Gasteiger partial charge in [0.1, 0.15) is 0 Å². The minimum absolute atomic E-state index is 0.143. The van der Waals surface area contributed by atoms with Gasteiger partial charge in [-0.1, -0.05) is 32.6 Å².